The fourth-order valence-electron chi connectivity index (χ4n) is 2.47. The number of fused-ring (bicyclic) bond motifs is 1. The molecule has 3 rings (SSSR count). The van der Waals surface area contributed by atoms with Crippen LogP contribution in [0.1, 0.15) is 25.7 Å². The smallest absolute Gasteiger partial charge is 0.226 e. The van der Waals surface area contributed by atoms with Gasteiger partial charge in [0.25, 0.3) is 0 Å². The number of H-pyrrole nitrogens is 1. The Kier molecular flexibility index (Phi) is 3.96. The maximum Gasteiger partial charge on any atom is 0.226 e. The number of rotatable bonds is 5. The van der Waals surface area contributed by atoms with Crippen LogP contribution in [0, 0.1) is 0 Å². The van der Waals surface area contributed by atoms with Crippen LogP contribution in [0.15, 0.2) is 6.20 Å². The number of nitrogens with zero attached hydrogens (tertiary/aromatic N) is 3. The van der Waals surface area contributed by atoms with Crippen molar-refractivity contribution in [3.63, 3.8) is 0 Å². The highest BCUT2D eigenvalue weighted by Gasteiger charge is 2.14. The van der Waals surface area contributed by atoms with Gasteiger partial charge in [-0.3, -0.25) is 5.10 Å². The summed E-state index contributed by atoms with van der Waals surface area (Å²) in [5.41, 5.74) is 0.737. The molecule has 1 atom stereocenters. The lowest BCUT2D eigenvalue weighted by Crippen LogP contribution is -2.22. The number of nitrogens with one attached hydrogen (secondary N) is 3. The van der Waals surface area contributed by atoms with Gasteiger partial charge in [0.05, 0.1) is 17.7 Å². The molecule has 0 radical (unpaired) electrons. The summed E-state index contributed by atoms with van der Waals surface area (Å²) in [7, 11) is 1.80. The van der Waals surface area contributed by atoms with Gasteiger partial charge in [-0.2, -0.15) is 15.1 Å². The normalized spacial score (nSPS) is 19.1. The standard InChI is InChI=1S/C13H20N6O/c1-14-13-17-11(10-8-16-19-12(10)18-13)15-6-5-9-4-2-3-7-20-9/h8-9H,2-7H2,1H3,(H3,14,15,16,17,18,19). The maximum atomic E-state index is 5.73. The molecule has 1 saturated heterocycles. The van der Waals surface area contributed by atoms with Gasteiger partial charge in [0, 0.05) is 20.2 Å². The second-order valence-electron chi connectivity index (χ2n) is 4.98. The Bertz CT molecular complexity index is 563. The molecule has 2 aromatic heterocycles. The van der Waals surface area contributed by atoms with Gasteiger partial charge in [-0.1, -0.05) is 0 Å². The molecule has 3 N–H and O–H groups in total. The average Bonchev–Trinajstić information content (AvgIpc) is 2.96. The molecular formula is C13H20N6O. The van der Waals surface area contributed by atoms with Gasteiger partial charge in [0.1, 0.15) is 5.82 Å². The van der Waals surface area contributed by atoms with Crippen LogP contribution in [-0.2, 0) is 4.74 Å². The Morgan fingerprint density at radius 3 is 3.15 bits per heavy atom. The first-order chi connectivity index (χ1) is 9.86. The molecule has 7 heteroatoms. The molecule has 3 heterocycles. The van der Waals surface area contributed by atoms with E-state index in [9.17, 15) is 0 Å². The van der Waals surface area contributed by atoms with Crippen LogP contribution in [0.2, 0.25) is 0 Å². The average molecular weight is 276 g/mol. The van der Waals surface area contributed by atoms with Crippen LogP contribution in [0.4, 0.5) is 11.8 Å². The third kappa shape index (κ3) is 2.82. The van der Waals surface area contributed by atoms with Gasteiger partial charge in [-0.25, -0.2) is 0 Å². The first kappa shape index (κ1) is 13.1. The van der Waals surface area contributed by atoms with Crippen LogP contribution in [0.25, 0.3) is 11.0 Å². The van der Waals surface area contributed by atoms with Crippen LogP contribution < -0.4 is 10.6 Å². The summed E-state index contributed by atoms with van der Waals surface area (Å²) >= 11 is 0. The van der Waals surface area contributed by atoms with Gasteiger partial charge in [-0.15, -0.1) is 0 Å². The van der Waals surface area contributed by atoms with Crippen molar-refractivity contribution < 1.29 is 4.74 Å². The highest BCUT2D eigenvalue weighted by atomic mass is 16.5. The van der Waals surface area contributed by atoms with E-state index in [0.717, 1.165) is 42.8 Å². The van der Waals surface area contributed by atoms with Crippen molar-refractivity contribution in [3.05, 3.63) is 6.20 Å². The number of aromatic nitrogens is 4. The number of aromatic amines is 1. The van der Waals surface area contributed by atoms with E-state index in [4.69, 9.17) is 4.74 Å². The topological polar surface area (TPSA) is 87.8 Å². The van der Waals surface area contributed by atoms with E-state index in [-0.39, 0.29) is 0 Å². The minimum absolute atomic E-state index is 0.377. The van der Waals surface area contributed by atoms with Crippen LogP contribution in [-0.4, -0.2) is 46.5 Å². The quantitative estimate of drug-likeness (QED) is 0.771. The summed E-state index contributed by atoms with van der Waals surface area (Å²) in [6, 6.07) is 0. The third-order valence-corrected chi connectivity index (χ3v) is 3.57. The Morgan fingerprint density at radius 2 is 2.35 bits per heavy atom. The molecule has 0 aliphatic carbocycles. The molecular weight excluding hydrogens is 256 g/mol. The fourth-order valence-corrected chi connectivity index (χ4v) is 2.47. The van der Waals surface area contributed by atoms with Crippen LogP contribution in [0.5, 0.6) is 0 Å². The first-order valence-corrected chi connectivity index (χ1v) is 7.11. The number of hydrogen-bond donors (Lipinski definition) is 3. The number of anilines is 2. The van der Waals surface area contributed by atoms with Crippen LogP contribution in [0.3, 0.4) is 0 Å². The first-order valence-electron chi connectivity index (χ1n) is 7.11. The van der Waals surface area contributed by atoms with E-state index >= 15 is 0 Å². The zero-order chi connectivity index (χ0) is 13.8. The molecule has 0 aromatic carbocycles. The molecule has 0 bridgehead atoms. The van der Waals surface area contributed by atoms with Crippen molar-refractivity contribution >= 4 is 22.8 Å². The van der Waals surface area contributed by atoms with E-state index in [1.807, 2.05) is 0 Å². The largest absolute Gasteiger partial charge is 0.378 e. The van der Waals surface area contributed by atoms with Gasteiger partial charge >= 0.3 is 0 Å². The van der Waals surface area contributed by atoms with Crippen molar-refractivity contribution in [1.29, 1.82) is 0 Å². The zero-order valence-electron chi connectivity index (χ0n) is 11.6. The third-order valence-electron chi connectivity index (χ3n) is 3.57. The molecule has 108 valence electrons. The second kappa shape index (κ2) is 6.04. The summed E-state index contributed by atoms with van der Waals surface area (Å²) in [4.78, 5) is 8.75. The Balaban J connectivity index is 1.65. The minimum Gasteiger partial charge on any atom is -0.378 e. The van der Waals surface area contributed by atoms with Crippen LogP contribution >= 0.6 is 0 Å². The Labute approximate surface area is 117 Å². The summed E-state index contributed by atoms with van der Waals surface area (Å²) in [6.07, 6.45) is 6.74. The van der Waals surface area contributed by atoms with E-state index < -0.39 is 0 Å². The molecule has 0 saturated carbocycles. The minimum atomic E-state index is 0.377. The molecule has 20 heavy (non-hydrogen) atoms. The van der Waals surface area contributed by atoms with Crippen molar-refractivity contribution in [3.8, 4) is 0 Å². The van der Waals surface area contributed by atoms with Crippen molar-refractivity contribution in [2.24, 2.45) is 0 Å². The molecule has 7 nitrogen and oxygen atoms in total. The lowest BCUT2D eigenvalue weighted by Gasteiger charge is -2.22. The van der Waals surface area contributed by atoms with E-state index in [1.54, 1.807) is 13.2 Å². The molecule has 0 spiro atoms. The molecule has 2 aromatic rings. The van der Waals surface area contributed by atoms with Gasteiger partial charge in [0.2, 0.25) is 5.95 Å². The van der Waals surface area contributed by atoms with Crippen molar-refractivity contribution in [2.75, 3.05) is 30.8 Å². The Morgan fingerprint density at radius 1 is 1.40 bits per heavy atom. The lowest BCUT2D eigenvalue weighted by molar-refractivity contribution is 0.0134. The monoisotopic (exact) mass is 276 g/mol. The second-order valence-corrected chi connectivity index (χ2v) is 4.98. The highest BCUT2D eigenvalue weighted by Crippen LogP contribution is 2.20. The van der Waals surface area contributed by atoms with E-state index in [1.165, 1.54) is 12.8 Å². The van der Waals surface area contributed by atoms with Crippen molar-refractivity contribution in [1.82, 2.24) is 20.2 Å². The number of ether oxygens (including phenoxy) is 1. The molecule has 0 amide bonds. The summed E-state index contributed by atoms with van der Waals surface area (Å²) in [5, 5.41) is 14.1. The molecule has 1 unspecified atom stereocenters. The lowest BCUT2D eigenvalue weighted by atomic mass is 10.1. The summed E-state index contributed by atoms with van der Waals surface area (Å²) in [5.74, 6) is 1.39. The Hall–Kier alpha value is -1.89. The maximum absolute atomic E-state index is 5.73. The van der Waals surface area contributed by atoms with E-state index in [2.05, 4.69) is 30.8 Å². The van der Waals surface area contributed by atoms with Gasteiger partial charge in [-0.05, 0) is 25.7 Å². The van der Waals surface area contributed by atoms with Gasteiger partial charge in [0.15, 0.2) is 5.65 Å². The molecule has 1 fully saturated rings. The highest BCUT2D eigenvalue weighted by molar-refractivity contribution is 5.86. The van der Waals surface area contributed by atoms with Crippen molar-refractivity contribution in [2.45, 2.75) is 31.8 Å². The summed E-state index contributed by atoms with van der Waals surface area (Å²) in [6.45, 7) is 1.74. The number of hydrogen-bond acceptors (Lipinski definition) is 6. The zero-order valence-corrected chi connectivity index (χ0v) is 11.6. The van der Waals surface area contributed by atoms with Gasteiger partial charge < -0.3 is 15.4 Å². The molecule has 1 aliphatic rings. The predicted molar refractivity (Wildman–Crippen MR) is 77.9 cm³/mol. The molecule has 1 aliphatic heterocycles. The van der Waals surface area contributed by atoms with E-state index in [0.29, 0.717) is 12.1 Å². The summed E-state index contributed by atoms with van der Waals surface area (Å²) < 4.78 is 5.73. The fraction of sp³-hybridized carbons (Fsp3) is 0.615. The SMILES string of the molecule is CNc1nc(NCCC2CCCCO2)c2cn[nH]c2n1. The predicted octanol–water partition coefficient (Wildman–Crippen LogP) is 1.77.